The minimum Gasteiger partial charge on any atom is -0.439 e. The number of ether oxygens (including phenoxy) is 5. The number of aliphatic imine (C=N–C) groups is 1. The van der Waals surface area contributed by atoms with E-state index in [-0.39, 0.29) is 13.3 Å². The molecule has 0 bridgehead atoms. The molecule has 0 aliphatic carbocycles. The monoisotopic (exact) mass is 1400 g/mol. The molecule has 8 aromatic heterocycles. The van der Waals surface area contributed by atoms with Gasteiger partial charge in [-0.3, -0.25) is 29.6 Å². The Bertz CT molecular complexity index is 4800. The molecule has 2 saturated heterocycles. The summed E-state index contributed by atoms with van der Waals surface area (Å²) in [5, 5.41) is 29.9. The molecule has 0 spiro atoms. The first-order valence-corrected chi connectivity index (χ1v) is 42.2. The Morgan fingerprint density at radius 2 is 0.931 bits per heavy atom. The smallest absolute Gasteiger partial charge is 0.219 e. The summed E-state index contributed by atoms with van der Waals surface area (Å²) in [6, 6.07) is 51.7. The van der Waals surface area contributed by atoms with Crippen LogP contribution in [0.25, 0.3) is 60.8 Å². The van der Waals surface area contributed by atoms with Crippen LogP contribution in [0.15, 0.2) is 182 Å². The van der Waals surface area contributed by atoms with Crippen molar-refractivity contribution in [1.82, 2.24) is 59.3 Å². The van der Waals surface area contributed by atoms with Gasteiger partial charge in [-0.15, -0.1) is 0 Å². The standard InChI is InChI=1S/C30H36N6O2Si.C25H23N5O.C24H26N4O3Si.H2/c1-39(2,3)17-16-37-22-36-29(10-13-33-36)25-5-9-30(32-20-25)38-27-7-8-28-24(18-27)4-6-26(34-28)21-35-14-11-23(19-31)12-15-35;26-14-18-8-11-30(12-9-18)17-22-3-1-19-13-23(4-5-24(19)29-22)31-25-6-2-20(16-28-25)21-7-10-27-15-21;1-32(2,3)13-12-30-17-28-23(10-11-26-28)19-5-9-24(25-15-19)31-21-7-8-22-18(14-21)4-6-20(16-29)27-22;/h4-10,13,18,20,23H,11-12,14-17,21-22H2,1-3H3;1-7,10,13,16,18H,8-9,11-12,15,17H2;4-11,14-16H,12-13,17H2,1-3H3;1H/i;;;1+1. The van der Waals surface area contributed by atoms with Crippen molar-refractivity contribution >= 4 is 66.9 Å². The third kappa shape index (κ3) is 20.2. The summed E-state index contributed by atoms with van der Waals surface area (Å²) in [5.41, 5.74) is 11.2. The van der Waals surface area contributed by atoms with Crippen LogP contribution >= 0.6 is 0 Å². The molecule has 2 fully saturated rings. The Morgan fingerprint density at radius 1 is 0.510 bits per heavy atom. The van der Waals surface area contributed by atoms with Gasteiger partial charge in [-0.1, -0.05) is 57.5 Å². The van der Waals surface area contributed by atoms with Crippen molar-refractivity contribution in [2.24, 2.45) is 16.8 Å². The number of benzene rings is 3. The maximum Gasteiger partial charge on any atom is 0.219 e. The molecule has 11 heterocycles. The summed E-state index contributed by atoms with van der Waals surface area (Å²) in [5.74, 6) is 4.10. The zero-order valence-electron chi connectivity index (χ0n) is 58.7. The van der Waals surface area contributed by atoms with Gasteiger partial charge >= 0.3 is 0 Å². The summed E-state index contributed by atoms with van der Waals surface area (Å²) in [6.45, 7) is 22.6. The highest BCUT2D eigenvalue weighted by Gasteiger charge is 2.22. The van der Waals surface area contributed by atoms with E-state index in [0.29, 0.717) is 49.1 Å². The van der Waals surface area contributed by atoms with Crippen LogP contribution < -0.4 is 14.2 Å². The van der Waals surface area contributed by atoms with Crippen LogP contribution in [0, 0.1) is 34.5 Å². The minimum absolute atomic E-state index is 0. The molecule has 14 rings (SSSR count). The van der Waals surface area contributed by atoms with Gasteiger partial charge in [-0.2, -0.15) is 20.7 Å². The lowest BCUT2D eigenvalue weighted by molar-refractivity contribution is 0.0797. The van der Waals surface area contributed by atoms with Crippen molar-refractivity contribution in [1.29, 1.82) is 10.5 Å². The van der Waals surface area contributed by atoms with E-state index in [1.165, 1.54) is 5.57 Å². The van der Waals surface area contributed by atoms with Crippen molar-refractivity contribution < 1.29 is 29.9 Å². The second-order valence-corrected chi connectivity index (χ2v) is 39.4. The number of carbonyl (C=O) groups excluding carboxylic acids is 1. The molecule has 0 atom stereocenters. The van der Waals surface area contributed by atoms with Gasteiger partial charge in [0.25, 0.3) is 0 Å². The molecule has 3 aromatic carbocycles. The van der Waals surface area contributed by atoms with Crippen LogP contribution in [-0.2, 0) is 36.0 Å². The highest BCUT2D eigenvalue weighted by atomic mass is 28.3. The second kappa shape index (κ2) is 33.8. The Hall–Kier alpha value is -10.5. The predicted octanol–water partition coefficient (Wildman–Crippen LogP) is 16.6. The van der Waals surface area contributed by atoms with E-state index in [9.17, 15) is 4.79 Å². The Labute approximate surface area is 598 Å². The number of pyridine rings is 6. The number of allylic oxidation sites excluding steroid dienone is 1. The maximum absolute atomic E-state index is 10.9. The molecular weight excluding hydrogens is 1310 g/mol. The fourth-order valence-corrected chi connectivity index (χ4v) is 13.4. The predicted molar refractivity (Wildman–Crippen MR) is 405 cm³/mol. The Morgan fingerprint density at radius 3 is 1.31 bits per heavy atom. The average Bonchev–Trinajstić information content (AvgIpc) is 1.83. The number of hydrogen-bond acceptors (Lipinski definition) is 19. The summed E-state index contributed by atoms with van der Waals surface area (Å²) in [7, 11) is -2.23. The summed E-state index contributed by atoms with van der Waals surface area (Å²) in [4.78, 5) is 47.2. The number of likely N-dealkylation sites (tertiary alicyclic amines) is 2. The molecule has 0 N–H and O–H groups in total. The highest BCUT2D eigenvalue weighted by Crippen LogP contribution is 2.31. The molecule has 0 radical (unpaired) electrons. The molecule has 102 heavy (non-hydrogen) atoms. The van der Waals surface area contributed by atoms with Crippen LogP contribution in [-0.4, -0.2) is 134 Å². The SMILES string of the molecule is C[Si](C)(C)CCOCn1nccc1-c1ccc(Oc2ccc3nc(C=O)ccc3c2)nc1.C[Si](C)(C)CCOCn1nccc1-c1ccc(Oc2ccc3nc(CN4CCC(C#N)CC4)ccc3c2)nc1.N#CC1CCN(Cc2ccc3cc(Oc4ccc(C5=CC=NC5)cn4)ccc3n2)CC1.[2HH]. The van der Waals surface area contributed by atoms with E-state index in [1.54, 1.807) is 30.9 Å². The largest absolute Gasteiger partial charge is 0.439 e. The van der Waals surface area contributed by atoms with Crippen molar-refractivity contribution in [3.05, 3.63) is 199 Å². The lowest BCUT2D eigenvalue weighted by atomic mass is 9.98. The molecule has 3 aliphatic rings. The van der Waals surface area contributed by atoms with E-state index in [4.69, 9.17) is 44.2 Å². The average molecular weight is 1400 g/mol. The minimum atomic E-state index is -1.12. The first kappa shape index (κ1) is 71.3. The zero-order valence-corrected chi connectivity index (χ0v) is 60.7. The van der Waals surface area contributed by atoms with Crippen LogP contribution in [0.5, 0.6) is 34.9 Å². The van der Waals surface area contributed by atoms with Gasteiger partial charge in [-0.05, 0) is 184 Å². The van der Waals surface area contributed by atoms with Gasteiger partial charge in [0.05, 0.1) is 58.0 Å². The van der Waals surface area contributed by atoms with Crippen LogP contribution in [0.2, 0.25) is 51.4 Å². The fourth-order valence-electron chi connectivity index (χ4n) is 11.9. The van der Waals surface area contributed by atoms with E-state index >= 15 is 0 Å². The number of piperidine rings is 2. The number of nitrogens with zero attached hydrogens (tertiary/aromatic N) is 15. The van der Waals surface area contributed by atoms with E-state index in [1.807, 2.05) is 137 Å². The number of rotatable bonds is 24. The number of carbonyl (C=O) groups is 1. The van der Waals surface area contributed by atoms with Crippen molar-refractivity contribution in [2.75, 3.05) is 45.9 Å². The number of hydrogen-bond donors (Lipinski definition) is 0. The Balaban J connectivity index is 0.000000155. The molecular formula is C79H87N15O6Si2. The number of fused-ring (bicyclic) bond motifs is 3. The third-order valence-electron chi connectivity index (χ3n) is 17.9. The molecule has 0 unspecified atom stereocenters. The Kier molecular flexibility index (Phi) is 23.6. The van der Waals surface area contributed by atoms with Gasteiger partial charge in [-0.25, -0.2) is 29.3 Å². The van der Waals surface area contributed by atoms with Crippen LogP contribution in [0.3, 0.4) is 0 Å². The van der Waals surface area contributed by atoms with Gasteiger partial charge in [0.2, 0.25) is 17.6 Å². The van der Waals surface area contributed by atoms with Gasteiger partial charge in [0, 0.05) is 138 Å². The first-order chi connectivity index (χ1) is 49.5. The highest BCUT2D eigenvalue weighted by molar-refractivity contribution is 6.76. The maximum atomic E-state index is 10.9. The number of aldehydes is 1. The number of aromatic nitrogens is 10. The molecule has 0 saturated carbocycles. The summed E-state index contributed by atoms with van der Waals surface area (Å²) in [6.07, 6.45) is 17.3. The lowest BCUT2D eigenvalue weighted by Crippen LogP contribution is -2.33. The molecule has 21 nitrogen and oxygen atoms in total. The van der Waals surface area contributed by atoms with E-state index in [2.05, 4.69) is 121 Å². The van der Waals surface area contributed by atoms with Crippen LogP contribution in [0.1, 0.15) is 54.5 Å². The van der Waals surface area contributed by atoms with E-state index < -0.39 is 16.1 Å². The van der Waals surface area contributed by atoms with Crippen molar-refractivity contribution in [2.45, 2.75) is 104 Å². The molecule has 0 amide bonds. The summed E-state index contributed by atoms with van der Waals surface area (Å²) >= 11 is 0. The normalized spacial score (nSPS) is 14.5. The second-order valence-electron chi connectivity index (χ2n) is 28.2. The van der Waals surface area contributed by atoms with E-state index in [0.717, 1.165) is 180 Å². The van der Waals surface area contributed by atoms with Crippen molar-refractivity contribution in [3.8, 4) is 69.5 Å². The topological polar surface area (TPSA) is 243 Å². The third-order valence-corrected chi connectivity index (χ3v) is 21.3. The van der Waals surface area contributed by atoms with Crippen LogP contribution in [0.4, 0.5) is 0 Å². The summed E-state index contributed by atoms with van der Waals surface area (Å²) < 4.78 is 33.3. The van der Waals surface area contributed by atoms with Gasteiger partial charge in [0.15, 0.2) is 6.29 Å². The van der Waals surface area contributed by atoms with Gasteiger partial charge < -0.3 is 23.7 Å². The van der Waals surface area contributed by atoms with Crippen molar-refractivity contribution in [3.63, 3.8) is 0 Å². The zero-order chi connectivity index (χ0) is 70.8. The number of nitriles is 2. The molecule has 11 aromatic rings. The molecule has 522 valence electrons. The quantitative estimate of drug-likeness (QED) is 0.0310. The molecule has 3 aliphatic heterocycles. The van der Waals surface area contributed by atoms with Gasteiger partial charge in [0.1, 0.15) is 36.4 Å². The fraction of sp³-hybridized carbons (Fsp3) is 0.316. The first-order valence-electron chi connectivity index (χ1n) is 34.7. The lowest BCUT2D eigenvalue weighted by Gasteiger charge is -2.28. The molecule has 23 heteroatoms.